The van der Waals surface area contributed by atoms with Crippen LogP contribution >= 0.6 is 11.6 Å². The van der Waals surface area contributed by atoms with E-state index in [2.05, 4.69) is 22.8 Å². The lowest BCUT2D eigenvalue weighted by Crippen LogP contribution is -2.20. The van der Waals surface area contributed by atoms with Crippen LogP contribution in [0.2, 0.25) is 5.02 Å². The second-order valence-corrected chi connectivity index (χ2v) is 6.89. The van der Waals surface area contributed by atoms with Crippen molar-refractivity contribution < 1.29 is 14.3 Å². The molecular formula is C23H21ClN2O3. The van der Waals surface area contributed by atoms with Crippen molar-refractivity contribution in [3.05, 3.63) is 88.9 Å². The van der Waals surface area contributed by atoms with Crippen molar-refractivity contribution in [2.24, 2.45) is 0 Å². The van der Waals surface area contributed by atoms with Gasteiger partial charge in [0.25, 0.3) is 5.91 Å². The Hall–Kier alpha value is -3.31. The molecule has 148 valence electrons. The third-order valence-electron chi connectivity index (χ3n) is 4.13. The van der Waals surface area contributed by atoms with Gasteiger partial charge >= 0.3 is 0 Å². The summed E-state index contributed by atoms with van der Waals surface area (Å²) in [5.41, 5.74) is 3.18. The fraction of sp³-hybridized carbons (Fsp3) is 0.130. The Morgan fingerprint density at radius 3 is 2.38 bits per heavy atom. The van der Waals surface area contributed by atoms with Gasteiger partial charge in [0.1, 0.15) is 5.75 Å². The van der Waals surface area contributed by atoms with E-state index in [1.54, 1.807) is 18.2 Å². The Labute approximate surface area is 174 Å². The van der Waals surface area contributed by atoms with Crippen molar-refractivity contribution in [3.8, 4) is 5.75 Å². The number of halogens is 1. The van der Waals surface area contributed by atoms with Gasteiger partial charge in [-0.05, 0) is 35.4 Å². The minimum absolute atomic E-state index is 0.143. The zero-order chi connectivity index (χ0) is 20.6. The van der Waals surface area contributed by atoms with E-state index in [-0.39, 0.29) is 18.4 Å². The Morgan fingerprint density at radius 1 is 0.931 bits per heavy atom. The average molecular weight is 409 g/mol. The van der Waals surface area contributed by atoms with E-state index >= 15 is 0 Å². The summed E-state index contributed by atoms with van der Waals surface area (Å²) in [7, 11) is 0. The summed E-state index contributed by atoms with van der Waals surface area (Å²) in [4.78, 5) is 23.4. The molecule has 5 nitrogen and oxygen atoms in total. The number of carbonyl (C=O) groups is 2. The van der Waals surface area contributed by atoms with Crippen LogP contribution in [0, 0.1) is 0 Å². The molecule has 3 aromatic rings. The average Bonchev–Trinajstić information content (AvgIpc) is 2.70. The predicted octanol–water partition coefficient (Wildman–Crippen LogP) is 4.91. The molecule has 0 aliphatic rings. The van der Waals surface area contributed by atoms with Crippen LogP contribution < -0.4 is 15.4 Å². The van der Waals surface area contributed by atoms with Gasteiger partial charge in [0.15, 0.2) is 6.61 Å². The fourth-order valence-electron chi connectivity index (χ4n) is 2.83. The van der Waals surface area contributed by atoms with Crippen LogP contribution in [0.5, 0.6) is 5.75 Å². The number of hydrogen-bond acceptors (Lipinski definition) is 3. The topological polar surface area (TPSA) is 67.4 Å². The van der Waals surface area contributed by atoms with Crippen LogP contribution in [0.4, 0.5) is 11.4 Å². The lowest BCUT2D eigenvalue weighted by molar-refractivity contribution is -0.118. The third kappa shape index (κ3) is 6.09. The standard InChI is InChI=1S/C23H21ClN2O3/c1-16(27)25-19-11-12-21(20(24)14-19)26-23(28)15-29-22-10-6-5-9-18(22)13-17-7-3-2-4-8-17/h2-12,14H,13,15H2,1H3,(H,25,27)(H,26,28). The second kappa shape index (κ2) is 9.75. The zero-order valence-corrected chi connectivity index (χ0v) is 16.7. The smallest absolute Gasteiger partial charge is 0.262 e. The van der Waals surface area contributed by atoms with Crippen LogP contribution in [-0.2, 0) is 16.0 Å². The number of carbonyl (C=O) groups excluding carboxylic acids is 2. The monoisotopic (exact) mass is 408 g/mol. The number of rotatable bonds is 7. The van der Waals surface area contributed by atoms with Gasteiger partial charge in [-0.2, -0.15) is 0 Å². The van der Waals surface area contributed by atoms with E-state index in [1.807, 2.05) is 42.5 Å². The molecule has 0 unspecified atom stereocenters. The molecule has 0 spiro atoms. The largest absolute Gasteiger partial charge is 0.483 e. The van der Waals surface area contributed by atoms with Crippen molar-refractivity contribution in [2.75, 3.05) is 17.2 Å². The summed E-state index contributed by atoms with van der Waals surface area (Å²) < 4.78 is 5.75. The van der Waals surface area contributed by atoms with Crippen LogP contribution in [0.3, 0.4) is 0 Å². The quantitative estimate of drug-likeness (QED) is 0.583. The van der Waals surface area contributed by atoms with Crippen LogP contribution in [0.25, 0.3) is 0 Å². The van der Waals surface area contributed by atoms with E-state index in [0.29, 0.717) is 22.1 Å². The van der Waals surface area contributed by atoms with Crippen molar-refractivity contribution in [3.63, 3.8) is 0 Å². The molecule has 0 aliphatic carbocycles. The van der Waals surface area contributed by atoms with E-state index in [0.717, 1.165) is 12.0 Å². The summed E-state index contributed by atoms with van der Waals surface area (Å²) in [6.45, 7) is 1.27. The van der Waals surface area contributed by atoms with Gasteiger partial charge in [0, 0.05) is 19.0 Å². The minimum Gasteiger partial charge on any atom is -0.483 e. The molecule has 0 fully saturated rings. The molecule has 0 radical (unpaired) electrons. The Kier molecular flexibility index (Phi) is 6.87. The highest BCUT2D eigenvalue weighted by atomic mass is 35.5. The molecule has 0 bridgehead atoms. The predicted molar refractivity (Wildman–Crippen MR) is 116 cm³/mol. The summed E-state index contributed by atoms with van der Waals surface area (Å²) in [6.07, 6.45) is 0.717. The van der Waals surface area contributed by atoms with Crippen molar-refractivity contribution in [1.29, 1.82) is 0 Å². The van der Waals surface area contributed by atoms with Crippen molar-refractivity contribution in [2.45, 2.75) is 13.3 Å². The van der Waals surface area contributed by atoms with Crippen LogP contribution in [-0.4, -0.2) is 18.4 Å². The van der Waals surface area contributed by atoms with Gasteiger partial charge in [-0.15, -0.1) is 0 Å². The normalized spacial score (nSPS) is 10.3. The molecule has 3 aromatic carbocycles. The first-order valence-electron chi connectivity index (χ1n) is 9.13. The number of amides is 2. The highest BCUT2D eigenvalue weighted by Gasteiger charge is 2.10. The lowest BCUT2D eigenvalue weighted by atomic mass is 10.0. The molecule has 0 atom stereocenters. The molecule has 29 heavy (non-hydrogen) atoms. The molecule has 6 heteroatoms. The first kappa shape index (κ1) is 20.4. The highest BCUT2D eigenvalue weighted by Crippen LogP contribution is 2.26. The zero-order valence-electron chi connectivity index (χ0n) is 15.9. The number of hydrogen-bond donors (Lipinski definition) is 2. The number of nitrogens with one attached hydrogen (secondary N) is 2. The lowest BCUT2D eigenvalue weighted by Gasteiger charge is -2.13. The fourth-order valence-corrected chi connectivity index (χ4v) is 3.06. The van der Waals surface area contributed by atoms with E-state index in [9.17, 15) is 9.59 Å². The molecule has 0 heterocycles. The molecule has 0 aliphatic heterocycles. The first-order valence-corrected chi connectivity index (χ1v) is 9.50. The maximum absolute atomic E-state index is 12.3. The van der Waals surface area contributed by atoms with E-state index in [1.165, 1.54) is 12.5 Å². The van der Waals surface area contributed by atoms with Gasteiger partial charge in [-0.3, -0.25) is 9.59 Å². The number of anilines is 2. The highest BCUT2D eigenvalue weighted by molar-refractivity contribution is 6.34. The first-order chi connectivity index (χ1) is 14.0. The summed E-state index contributed by atoms with van der Waals surface area (Å²) in [6, 6.07) is 22.6. The third-order valence-corrected chi connectivity index (χ3v) is 4.45. The number of ether oxygens (including phenoxy) is 1. The van der Waals surface area contributed by atoms with Crippen LogP contribution in [0.15, 0.2) is 72.8 Å². The SMILES string of the molecule is CC(=O)Nc1ccc(NC(=O)COc2ccccc2Cc2ccccc2)c(Cl)c1. The van der Waals surface area contributed by atoms with Crippen molar-refractivity contribution in [1.82, 2.24) is 0 Å². The Balaban J connectivity index is 1.61. The van der Waals surface area contributed by atoms with E-state index in [4.69, 9.17) is 16.3 Å². The summed E-state index contributed by atoms with van der Waals surface area (Å²) in [5, 5.41) is 5.69. The maximum atomic E-state index is 12.3. The number of benzene rings is 3. The maximum Gasteiger partial charge on any atom is 0.262 e. The van der Waals surface area contributed by atoms with Gasteiger partial charge in [0.05, 0.1) is 10.7 Å². The minimum atomic E-state index is -0.325. The second-order valence-electron chi connectivity index (χ2n) is 6.48. The van der Waals surface area contributed by atoms with Gasteiger partial charge in [0.2, 0.25) is 5.91 Å². The Bertz CT molecular complexity index is 1010. The summed E-state index contributed by atoms with van der Waals surface area (Å²) >= 11 is 6.18. The molecule has 0 saturated heterocycles. The van der Waals surface area contributed by atoms with E-state index < -0.39 is 0 Å². The number of para-hydroxylation sites is 1. The summed E-state index contributed by atoms with van der Waals surface area (Å²) in [5.74, 6) is 0.146. The van der Waals surface area contributed by atoms with Gasteiger partial charge in [-0.1, -0.05) is 60.1 Å². The molecule has 3 rings (SSSR count). The Morgan fingerprint density at radius 2 is 1.66 bits per heavy atom. The van der Waals surface area contributed by atoms with Crippen LogP contribution in [0.1, 0.15) is 18.1 Å². The molecule has 2 amide bonds. The van der Waals surface area contributed by atoms with Gasteiger partial charge < -0.3 is 15.4 Å². The van der Waals surface area contributed by atoms with Crippen molar-refractivity contribution >= 4 is 34.8 Å². The molecule has 0 saturated carbocycles. The molecular weight excluding hydrogens is 388 g/mol. The van der Waals surface area contributed by atoms with Gasteiger partial charge in [-0.25, -0.2) is 0 Å². The molecule has 2 N–H and O–H groups in total. The molecule has 0 aromatic heterocycles.